The predicted molar refractivity (Wildman–Crippen MR) is 117 cm³/mol. The molecule has 1 saturated heterocycles. The average Bonchev–Trinajstić information content (AvgIpc) is 3.13. The Hall–Kier alpha value is -2.34. The van der Waals surface area contributed by atoms with Gasteiger partial charge < -0.3 is 20.5 Å². The van der Waals surface area contributed by atoms with E-state index in [9.17, 15) is 9.59 Å². The summed E-state index contributed by atoms with van der Waals surface area (Å²) >= 11 is 0. The predicted octanol–water partition coefficient (Wildman–Crippen LogP) is 2.99. The van der Waals surface area contributed by atoms with Crippen LogP contribution >= 0.6 is 0 Å². The summed E-state index contributed by atoms with van der Waals surface area (Å²) in [4.78, 5) is 30.1. The van der Waals surface area contributed by atoms with Crippen LogP contribution in [0.25, 0.3) is 10.9 Å². The third-order valence-electron chi connectivity index (χ3n) is 5.69. The maximum atomic E-state index is 12.7. The molecule has 6 heteroatoms. The molecule has 6 nitrogen and oxygen atoms in total. The van der Waals surface area contributed by atoms with E-state index in [1.807, 2.05) is 30.5 Å². The minimum Gasteiger partial charge on any atom is -0.361 e. The van der Waals surface area contributed by atoms with E-state index >= 15 is 0 Å². The van der Waals surface area contributed by atoms with Gasteiger partial charge in [-0.3, -0.25) is 9.59 Å². The molecule has 1 aromatic carbocycles. The van der Waals surface area contributed by atoms with Gasteiger partial charge in [0.25, 0.3) is 0 Å². The highest BCUT2D eigenvalue weighted by Gasteiger charge is 2.21. The van der Waals surface area contributed by atoms with Crippen molar-refractivity contribution in [3.63, 3.8) is 0 Å². The number of carbonyl (C=O) groups is 2. The minimum atomic E-state index is -0.556. The molecule has 2 aromatic rings. The van der Waals surface area contributed by atoms with Crippen molar-refractivity contribution >= 4 is 22.7 Å². The molecule has 0 bridgehead atoms. The van der Waals surface area contributed by atoms with Gasteiger partial charge in [-0.1, -0.05) is 31.0 Å². The lowest BCUT2D eigenvalue weighted by Crippen LogP contribution is -2.47. The van der Waals surface area contributed by atoms with Crippen LogP contribution in [0.1, 0.15) is 51.0 Å². The Morgan fingerprint density at radius 2 is 1.90 bits per heavy atom. The van der Waals surface area contributed by atoms with Crippen LogP contribution in [0.5, 0.6) is 0 Å². The number of nitrogens with zero attached hydrogens (tertiary/aromatic N) is 1. The van der Waals surface area contributed by atoms with Gasteiger partial charge in [0.15, 0.2) is 0 Å². The lowest BCUT2D eigenvalue weighted by atomic mass is 10.0. The fraction of sp³-hybridized carbons (Fsp3) is 0.565. The number of para-hydroxylation sites is 1. The Bertz CT molecular complexity index is 795. The molecule has 1 atom stereocenters. The summed E-state index contributed by atoms with van der Waals surface area (Å²) in [5.41, 5.74) is 2.08. The number of fused-ring (bicyclic) bond motifs is 1. The molecule has 0 aliphatic carbocycles. The first kappa shape index (κ1) is 21.4. The van der Waals surface area contributed by atoms with E-state index in [4.69, 9.17) is 0 Å². The normalized spacial score (nSPS) is 15.9. The molecule has 1 aliphatic heterocycles. The van der Waals surface area contributed by atoms with Gasteiger partial charge in [-0.2, -0.15) is 0 Å². The largest absolute Gasteiger partial charge is 0.361 e. The monoisotopic (exact) mass is 398 g/mol. The Morgan fingerprint density at radius 1 is 1.10 bits per heavy atom. The SMILES string of the molecule is CC(=O)NC(Cc1c[nH]c2ccccc12)C(=O)NCCCCCN1CCCCC1. The molecule has 3 rings (SSSR count). The van der Waals surface area contributed by atoms with Crippen molar-refractivity contribution < 1.29 is 9.59 Å². The van der Waals surface area contributed by atoms with Gasteiger partial charge in [0.1, 0.15) is 6.04 Å². The quantitative estimate of drug-likeness (QED) is 0.539. The van der Waals surface area contributed by atoms with Crippen LogP contribution in [-0.2, 0) is 16.0 Å². The molecule has 0 saturated carbocycles. The van der Waals surface area contributed by atoms with Crippen LogP contribution in [0.2, 0.25) is 0 Å². The van der Waals surface area contributed by atoms with Crippen molar-refractivity contribution in [2.45, 2.75) is 57.9 Å². The summed E-state index contributed by atoms with van der Waals surface area (Å²) in [5, 5.41) is 6.91. The summed E-state index contributed by atoms with van der Waals surface area (Å²) in [6.45, 7) is 5.76. The average molecular weight is 399 g/mol. The van der Waals surface area contributed by atoms with E-state index in [-0.39, 0.29) is 11.8 Å². The zero-order chi connectivity index (χ0) is 20.5. The highest BCUT2D eigenvalue weighted by Crippen LogP contribution is 2.19. The zero-order valence-corrected chi connectivity index (χ0v) is 17.5. The van der Waals surface area contributed by atoms with Crippen molar-refractivity contribution in [3.8, 4) is 0 Å². The second kappa shape index (κ2) is 11.0. The van der Waals surface area contributed by atoms with Crippen molar-refractivity contribution in [1.82, 2.24) is 20.5 Å². The van der Waals surface area contributed by atoms with Gasteiger partial charge in [0.05, 0.1) is 0 Å². The zero-order valence-electron chi connectivity index (χ0n) is 17.5. The molecule has 3 N–H and O–H groups in total. The topological polar surface area (TPSA) is 77.2 Å². The number of benzene rings is 1. The van der Waals surface area contributed by atoms with Crippen LogP contribution in [0.4, 0.5) is 0 Å². The molecular weight excluding hydrogens is 364 g/mol. The Labute approximate surface area is 173 Å². The number of hydrogen-bond donors (Lipinski definition) is 3. The molecule has 1 fully saturated rings. The van der Waals surface area contributed by atoms with E-state index in [0.717, 1.165) is 29.3 Å². The molecule has 0 spiro atoms. The number of aromatic nitrogens is 1. The maximum Gasteiger partial charge on any atom is 0.242 e. The number of nitrogens with one attached hydrogen (secondary N) is 3. The number of aromatic amines is 1. The lowest BCUT2D eigenvalue weighted by molar-refractivity contribution is -0.128. The van der Waals surface area contributed by atoms with Gasteiger partial charge in [-0.25, -0.2) is 0 Å². The number of likely N-dealkylation sites (tertiary alicyclic amines) is 1. The van der Waals surface area contributed by atoms with Gasteiger partial charge in [0.2, 0.25) is 11.8 Å². The summed E-state index contributed by atoms with van der Waals surface area (Å²) in [7, 11) is 0. The summed E-state index contributed by atoms with van der Waals surface area (Å²) in [6.07, 6.45) is 9.70. The van der Waals surface area contributed by atoms with E-state index < -0.39 is 6.04 Å². The van der Waals surface area contributed by atoms with Crippen molar-refractivity contribution in [2.24, 2.45) is 0 Å². The second-order valence-corrected chi connectivity index (χ2v) is 8.07. The molecule has 2 amide bonds. The smallest absolute Gasteiger partial charge is 0.242 e. The number of carbonyl (C=O) groups excluding carboxylic acids is 2. The molecule has 158 valence electrons. The van der Waals surface area contributed by atoms with Gasteiger partial charge in [-0.05, 0) is 56.9 Å². The Balaban J connectivity index is 1.43. The number of H-pyrrole nitrogens is 1. The number of rotatable bonds is 10. The van der Waals surface area contributed by atoms with Crippen LogP contribution in [0.15, 0.2) is 30.5 Å². The van der Waals surface area contributed by atoms with Crippen LogP contribution in [-0.4, -0.2) is 53.9 Å². The van der Waals surface area contributed by atoms with Gasteiger partial charge >= 0.3 is 0 Å². The Morgan fingerprint density at radius 3 is 2.69 bits per heavy atom. The molecule has 1 unspecified atom stereocenters. The van der Waals surface area contributed by atoms with Gasteiger partial charge in [-0.15, -0.1) is 0 Å². The van der Waals surface area contributed by atoms with Crippen LogP contribution in [0, 0.1) is 0 Å². The number of hydrogen-bond acceptors (Lipinski definition) is 3. The maximum absolute atomic E-state index is 12.7. The van der Waals surface area contributed by atoms with E-state index in [1.54, 1.807) is 0 Å². The standard InChI is InChI=1S/C23H34N4O2/c1-18(28)26-22(16-19-17-25-21-11-5-4-10-20(19)21)23(29)24-12-6-2-7-13-27-14-8-3-9-15-27/h4-5,10-11,17,22,25H,2-3,6-9,12-16H2,1H3,(H,24,29)(H,26,28). The summed E-state index contributed by atoms with van der Waals surface area (Å²) in [6, 6.07) is 7.45. The first-order valence-corrected chi connectivity index (χ1v) is 11.0. The number of unbranched alkanes of at least 4 members (excludes halogenated alkanes) is 2. The fourth-order valence-corrected chi connectivity index (χ4v) is 4.13. The van der Waals surface area contributed by atoms with E-state index in [0.29, 0.717) is 13.0 Å². The highest BCUT2D eigenvalue weighted by atomic mass is 16.2. The van der Waals surface area contributed by atoms with Crippen LogP contribution < -0.4 is 10.6 Å². The third-order valence-corrected chi connectivity index (χ3v) is 5.69. The van der Waals surface area contributed by atoms with Crippen LogP contribution in [0.3, 0.4) is 0 Å². The molecule has 1 aromatic heterocycles. The van der Waals surface area contributed by atoms with Crippen molar-refractivity contribution in [3.05, 3.63) is 36.0 Å². The third kappa shape index (κ3) is 6.60. The molecule has 2 heterocycles. The molecule has 1 aliphatic rings. The Kier molecular flexibility index (Phi) is 8.11. The molecule has 0 radical (unpaired) electrons. The van der Waals surface area contributed by atoms with Gasteiger partial charge in [0, 0.05) is 37.0 Å². The highest BCUT2D eigenvalue weighted by molar-refractivity contribution is 5.89. The first-order chi connectivity index (χ1) is 14.1. The summed E-state index contributed by atoms with van der Waals surface area (Å²) < 4.78 is 0. The van der Waals surface area contributed by atoms with E-state index in [1.165, 1.54) is 52.2 Å². The fourth-order valence-electron chi connectivity index (χ4n) is 4.13. The molecular formula is C23H34N4O2. The minimum absolute atomic E-state index is 0.110. The van der Waals surface area contributed by atoms with Crippen molar-refractivity contribution in [1.29, 1.82) is 0 Å². The number of piperidine rings is 1. The van der Waals surface area contributed by atoms with Crippen molar-refractivity contribution in [2.75, 3.05) is 26.2 Å². The van der Waals surface area contributed by atoms with E-state index in [2.05, 4.69) is 20.5 Å². The summed E-state index contributed by atoms with van der Waals surface area (Å²) in [5.74, 6) is -0.298. The first-order valence-electron chi connectivity index (χ1n) is 11.0. The number of amides is 2. The molecule has 29 heavy (non-hydrogen) atoms. The lowest BCUT2D eigenvalue weighted by Gasteiger charge is -2.26. The second-order valence-electron chi connectivity index (χ2n) is 8.07.